The third-order valence-electron chi connectivity index (χ3n) is 5.29. The molecule has 0 bridgehead atoms. The van der Waals surface area contributed by atoms with E-state index in [1.807, 2.05) is 12.1 Å². The lowest BCUT2D eigenvalue weighted by atomic mass is 9.71. The van der Waals surface area contributed by atoms with Gasteiger partial charge >= 0.3 is 0 Å². The molecule has 0 amide bonds. The Balaban J connectivity index is 1.91. The molecule has 2 aromatic carbocycles. The molecular formula is C21H27NO. The molecule has 3 rings (SSSR count). The Morgan fingerprint density at radius 2 is 1.35 bits per heavy atom. The Bertz CT molecular complexity index is 550. The van der Waals surface area contributed by atoms with E-state index in [0.29, 0.717) is 0 Å². The highest BCUT2D eigenvalue weighted by atomic mass is 16.3. The van der Waals surface area contributed by atoms with Crippen molar-refractivity contribution >= 4 is 0 Å². The second-order valence-corrected chi connectivity index (χ2v) is 6.81. The van der Waals surface area contributed by atoms with Gasteiger partial charge in [0.25, 0.3) is 0 Å². The zero-order valence-electron chi connectivity index (χ0n) is 14.0. The largest absolute Gasteiger partial charge is 0.391 e. The fraction of sp³-hybridized carbons (Fsp3) is 0.429. The highest BCUT2D eigenvalue weighted by Gasteiger charge is 2.37. The molecule has 1 fully saturated rings. The molecule has 0 aliphatic carbocycles. The second kappa shape index (κ2) is 7.29. The van der Waals surface area contributed by atoms with Crippen LogP contribution in [0, 0.1) is 0 Å². The molecule has 1 unspecified atom stereocenters. The van der Waals surface area contributed by atoms with Crippen molar-refractivity contribution in [3.63, 3.8) is 0 Å². The number of β-amino-alcohol motifs (C(OH)–C–C–N with tert-alkyl or cyclic N) is 1. The van der Waals surface area contributed by atoms with Crippen LogP contribution >= 0.6 is 0 Å². The molecule has 2 aromatic rings. The van der Waals surface area contributed by atoms with Crippen LogP contribution in [0.25, 0.3) is 0 Å². The first-order chi connectivity index (χ1) is 11.2. The maximum atomic E-state index is 11.2. The van der Waals surface area contributed by atoms with E-state index in [0.717, 1.165) is 19.6 Å². The lowest BCUT2D eigenvalue weighted by molar-refractivity contribution is 0.0585. The predicted octanol–water partition coefficient (Wildman–Crippen LogP) is 3.84. The summed E-state index contributed by atoms with van der Waals surface area (Å²) in [4.78, 5) is 2.41. The topological polar surface area (TPSA) is 23.5 Å². The fourth-order valence-corrected chi connectivity index (χ4v) is 3.69. The summed E-state index contributed by atoms with van der Waals surface area (Å²) in [6.45, 7) is 5.13. The fourth-order valence-electron chi connectivity index (χ4n) is 3.69. The van der Waals surface area contributed by atoms with Crippen molar-refractivity contribution in [3.05, 3.63) is 71.8 Å². The number of likely N-dealkylation sites (tertiary alicyclic amines) is 1. The SMILES string of the molecule is CC(c1ccccc1)(c1ccccc1)C(O)CN1CCCCC1. The standard InChI is InChI=1S/C21H27NO/c1-21(18-11-5-2-6-12-18,19-13-7-3-8-14-19)20(23)17-22-15-9-4-10-16-22/h2-3,5-8,11-14,20,23H,4,9-10,15-17H2,1H3. The lowest BCUT2D eigenvalue weighted by Crippen LogP contribution is -2.47. The molecule has 0 aromatic heterocycles. The normalized spacial score (nSPS) is 17.8. The Labute approximate surface area is 139 Å². The van der Waals surface area contributed by atoms with Crippen LogP contribution in [0.2, 0.25) is 0 Å². The third-order valence-corrected chi connectivity index (χ3v) is 5.29. The molecule has 2 heteroatoms. The molecule has 1 heterocycles. The number of hydrogen-bond donors (Lipinski definition) is 1. The van der Waals surface area contributed by atoms with Crippen LogP contribution in [0.1, 0.15) is 37.3 Å². The summed E-state index contributed by atoms with van der Waals surface area (Å²) >= 11 is 0. The zero-order valence-corrected chi connectivity index (χ0v) is 14.0. The molecule has 23 heavy (non-hydrogen) atoms. The molecule has 0 radical (unpaired) electrons. The molecule has 1 N–H and O–H groups in total. The molecule has 1 aliphatic heterocycles. The average Bonchev–Trinajstić information content (AvgIpc) is 2.63. The van der Waals surface area contributed by atoms with Crippen molar-refractivity contribution in [2.75, 3.05) is 19.6 Å². The first-order valence-corrected chi connectivity index (χ1v) is 8.73. The first-order valence-electron chi connectivity index (χ1n) is 8.73. The van der Waals surface area contributed by atoms with Crippen molar-refractivity contribution in [3.8, 4) is 0 Å². The summed E-state index contributed by atoms with van der Waals surface area (Å²) in [5, 5.41) is 11.2. The van der Waals surface area contributed by atoms with E-state index in [2.05, 4.69) is 60.4 Å². The Morgan fingerprint density at radius 1 is 0.870 bits per heavy atom. The number of hydrogen-bond acceptors (Lipinski definition) is 2. The predicted molar refractivity (Wildman–Crippen MR) is 95.6 cm³/mol. The average molecular weight is 309 g/mol. The summed E-state index contributed by atoms with van der Waals surface area (Å²) < 4.78 is 0. The molecular weight excluding hydrogens is 282 g/mol. The number of aliphatic hydroxyl groups is 1. The van der Waals surface area contributed by atoms with Gasteiger partial charge in [0.2, 0.25) is 0 Å². The third kappa shape index (κ3) is 3.49. The zero-order chi connectivity index (χ0) is 16.1. The summed E-state index contributed by atoms with van der Waals surface area (Å²) in [5.41, 5.74) is 1.96. The maximum Gasteiger partial charge on any atom is 0.0801 e. The Morgan fingerprint density at radius 3 is 1.83 bits per heavy atom. The van der Waals surface area contributed by atoms with E-state index in [9.17, 15) is 5.11 Å². The van der Waals surface area contributed by atoms with Gasteiger partial charge in [0.15, 0.2) is 0 Å². The quantitative estimate of drug-likeness (QED) is 0.907. The summed E-state index contributed by atoms with van der Waals surface area (Å²) in [5.74, 6) is 0. The minimum atomic E-state index is -0.426. The molecule has 122 valence electrons. The van der Waals surface area contributed by atoms with Gasteiger partial charge in [0, 0.05) is 12.0 Å². The van der Waals surface area contributed by atoms with Gasteiger partial charge < -0.3 is 10.0 Å². The van der Waals surface area contributed by atoms with Crippen molar-refractivity contribution < 1.29 is 5.11 Å². The number of piperidine rings is 1. The Hall–Kier alpha value is -1.64. The van der Waals surface area contributed by atoms with Crippen molar-refractivity contribution in [1.29, 1.82) is 0 Å². The lowest BCUT2D eigenvalue weighted by Gasteiger charge is -2.39. The van der Waals surface area contributed by atoms with E-state index in [-0.39, 0.29) is 5.41 Å². The van der Waals surface area contributed by atoms with Crippen LogP contribution in [0.5, 0.6) is 0 Å². The van der Waals surface area contributed by atoms with Crippen LogP contribution in [-0.2, 0) is 5.41 Å². The number of rotatable bonds is 5. The van der Waals surface area contributed by atoms with Crippen LogP contribution in [0.15, 0.2) is 60.7 Å². The molecule has 1 saturated heterocycles. The van der Waals surface area contributed by atoms with Gasteiger partial charge in [-0.2, -0.15) is 0 Å². The summed E-state index contributed by atoms with van der Waals surface area (Å²) in [6.07, 6.45) is 3.40. The van der Waals surface area contributed by atoms with E-state index >= 15 is 0 Å². The van der Waals surface area contributed by atoms with Crippen molar-refractivity contribution in [1.82, 2.24) is 4.90 Å². The van der Waals surface area contributed by atoms with Crippen molar-refractivity contribution in [2.24, 2.45) is 0 Å². The molecule has 0 spiro atoms. The van der Waals surface area contributed by atoms with Gasteiger partial charge in [0.05, 0.1) is 6.10 Å². The van der Waals surface area contributed by atoms with E-state index in [1.165, 1.54) is 30.4 Å². The van der Waals surface area contributed by atoms with E-state index < -0.39 is 6.10 Å². The monoisotopic (exact) mass is 309 g/mol. The van der Waals surface area contributed by atoms with E-state index in [1.54, 1.807) is 0 Å². The van der Waals surface area contributed by atoms with Crippen LogP contribution in [0.3, 0.4) is 0 Å². The molecule has 0 saturated carbocycles. The van der Waals surface area contributed by atoms with Gasteiger partial charge in [-0.05, 0) is 44.0 Å². The van der Waals surface area contributed by atoms with Crippen LogP contribution in [0.4, 0.5) is 0 Å². The van der Waals surface area contributed by atoms with Gasteiger partial charge in [-0.25, -0.2) is 0 Å². The van der Waals surface area contributed by atoms with Crippen molar-refractivity contribution in [2.45, 2.75) is 37.7 Å². The van der Waals surface area contributed by atoms with Crippen LogP contribution < -0.4 is 0 Å². The summed E-state index contributed by atoms with van der Waals surface area (Å²) in [7, 11) is 0. The van der Waals surface area contributed by atoms with Gasteiger partial charge in [-0.3, -0.25) is 0 Å². The minimum Gasteiger partial charge on any atom is -0.391 e. The van der Waals surface area contributed by atoms with E-state index in [4.69, 9.17) is 0 Å². The molecule has 1 atom stereocenters. The highest BCUT2D eigenvalue weighted by molar-refractivity contribution is 5.40. The maximum absolute atomic E-state index is 11.2. The Kier molecular flexibility index (Phi) is 5.14. The number of aliphatic hydroxyl groups excluding tert-OH is 1. The van der Waals surface area contributed by atoms with Gasteiger partial charge in [-0.1, -0.05) is 67.1 Å². The smallest absolute Gasteiger partial charge is 0.0801 e. The first kappa shape index (κ1) is 16.2. The highest BCUT2D eigenvalue weighted by Crippen LogP contribution is 2.36. The number of nitrogens with zero attached hydrogens (tertiary/aromatic N) is 1. The number of benzene rings is 2. The second-order valence-electron chi connectivity index (χ2n) is 6.81. The summed E-state index contributed by atoms with van der Waals surface area (Å²) in [6, 6.07) is 20.8. The molecule has 2 nitrogen and oxygen atoms in total. The van der Waals surface area contributed by atoms with Gasteiger partial charge in [0.1, 0.15) is 0 Å². The minimum absolute atomic E-state index is 0.389. The van der Waals surface area contributed by atoms with Gasteiger partial charge in [-0.15, -0.1) is 0 Å². The molecule has 1 aliphatic rings. The van der Waals surface area contributed by atoms with Crippen LogP contribution in [-0.4, -0.2) is 35.7 Å².